The molecule has 0 fully saturated rings. The van der Waals surface area contributed by atoms with E-state index < -0.39 is 72.7 Å². The summed E-state index contributed by atoms with van der Waals surface area (Å²) in [6, 6.07) is 0. The maximum atomic E-state index is 10.3. The molecule has 14 nitrogen and oxygen atoms in total. The third-order valence-corrected chi connectivity index (χ3v) is 2.57. The number of hydrogen-bond acceptors (Lipinski definition) is 8. The molecule has 0 atom stereocenters. The van der Waals surface area contributed by atoms with Gasteiger partial charge in [0.2, 0.25) is 0 Å². The van der Waals surface area contributed by atoms with Gasteiger partial charge < -0.3 is 40.9 Å². The third-order valence-electron chi connectivity index (χ3n) is 2.57. The van der Waals surface area contributed by atoms with Gasteiger partial charge in [0.05, 0.1) is 25.7 Å². The second-order valence-corrected chi connectivity index (χ2v) is 4.96. The molecular weight excluding hydrogens is 703 g/mol. The molecule has 0 aliphatic heterocycles. The molecule has 172 valence electrons. The minimum atomic E-state index is -2.74. The summed E-state index contributed by atoms with van der Waals surface area (Å²) >= 11 is 0. The van der Waals surface area contributed by atoms with E-state index in [9.17, 15) is 28.8 Å². The van der Waals surface area contributed by atoms with E-state index in [2.05, 4.69) is 0 Å². The van der Waals surface area contributed by atoms with Gasteiger partial charge in [-0.1, -0.05) is 0 Å². The molecule has 16 heteroatoms. The van der Waals surface area contributed by atoms with Gasteiger partial charge in [0.25, 0.3) is 0 Å². The molecule has 0 radical (unpaired) electrons. The molecule has 0 aliphatic rings. The smallest absolute Gasteiger partial charge is 0.336 e. The Labute approximate surface area is 214 Å². The summed E-state index contributed by atoms with van der Waals surface area (Å²) in [6.07, 6.45) is -4.58. The van der Waals surface area contributed by atoms with Gasteiger partial charge in [0, 0.05) is 74.6 Å². The van der Waals surface area contributed by atoms with Crippen molar-refractivity contribution in [2.24, 2.45) is 0 Å². The van der Waals surface area contributed by atoms with Crippen LogP contribution in [0.25, 0.3) is 0 Å². The Morgan fingerprint density at radius 1 is 0.464 bits per heavy atom. The average molecular weight is 719 g/mol. The summed E-state index contributed by atoms with van der Waals surface area (Å²) in [5.74, 6) is -10.0. The fraction of sp³-hybridized carbons (Fsp3) is 0.500. The minimum absolute atomic E-state index is 0. The van der Waals surface area contributed by atoms with Crippen molar-refractivity contribution in [2.45, 2.75) is 36.9 Å². The second-order valence-electron chi connectivity index (χ2n) is 4.96. The van der Waals surface area contributed by atoms with Gasteiger partial charge in [-0.2, -0.15) is 0 Å². The van der Waals surface area contributed by atoms with E-state index >= 15 is 0 Å². The fourth-order valence-corrected chi connectivity index (χ4v) is 1.43. The van der Waals surface area contributed by atoms with Crippen molar-refractivity contribution < 1.29 is 144 Å². The van der Waals surface area contributed by atoms with Gasteiger partial charge in [-0.05, 0) is 0 Å². The van der Waals surface area contributed by atoms with Crippen LogP contribution in [0.2, 0.25) is 0 Å². The van der Waals surface area contributed by atoms with E-state index in [1.165, 1.54) is 0 Å². The van der Waals surface area contributed by atoms with Crippen molar-refractivity contribution >= 4 is 35.8 Å². The third kappa shape index (κ3) is 15.2. The molecule has 0 amide bonds. The number of aliphatic carboxylic acids is 6. The maximum absolute atomic E-state index is 10.3. The van der Waals surface area contributed by atoms with Gasteiger partial charge in [-0.25, -0.2) is 9.59 Å². The van der Waals surface area contributed by atoms with Crippen molar-refractivity contribution in [1.29, 1.82) is 0 Å². The van der Waals surface area contributed by atoms with Crippen LogP contribution in [0, 0.1) is 74.6 Å². The predicted molar refractivity (Wildman–Crippen MR) is 74.2 cm³/mol. The first-order valence-electron chi connectivity index (χ1n) is 6.34. The quantitative estimate of drug-likeness (QED) is 0.116. The van der Waals surface area contributed by atoms with Crippen molar-refractivity contribution in [1.82, 2.24) is 0 Å². The fourth-order valence-electron chi connectivity index (χ4n) is 1.43. The van der Waals surface area contributed by atoms with Gasteiger partial charge in [-0.3, -0.25) is 19.2 Å². The first kappa shape index (κ1) is 34.7. The molecule has 0 rings (SSSR count). The molecule has 0 unspecified atom stereocenters. The number of aliphatic hydroxyl groups is 2. The topological polar surface area (TPSA) is 264 Å². The van der Waals surface area contributed by atoms with Gasteiger partial charge in [0.15, 0.2) is 11.2 Å². The van der Waals surface area contributed by atoms with Crippen molar-refractivity contribution in [3.8, 4) is 0 Å². The van der Waals surface area contributed by atoms with Crippen LogP contribution >= 0.6 is 0 Å². The van der Waals surface area contributed by atoms with Crippen LogP contribution < -0.4 is 0 Å². The normalized spacial score (nSPS) is 10.1. The maximum Gasteiger partial charge on any atom is 0.336 e. The molecular formula is C12H16Er2O14. The minimum Gasteiger partial charge on any atom is -0.481 e. The zero-order valence-corrected chi connectivity index (χ0v) is 17.1. The first-order valence-corrected chi connectivity index (χ1v) is 6.34. The standard InChI is InChI=1S/2C6H8O7.2Er/c2*7-3(8)1-6(13,5(11)12)2-4(9)10;;/h2*13H,1-2H2,(H,7,8)(H,9,10)(H,11,12);;. The largest absolute Gasteiger partial charge is 0.481 e. The molecule has 0 aromatic carbocycles. The van der Waals surface area contributed by atoms with Crippen molar-refractivity contribution in [2.75, 3.05) is 0 Å². The van der Waals surface area contributed by atoms with Gasteiger partial charge in [-0.15, -0.1) is 0 Å². The average Bonchev–Trinajstić information content (AvgIpc) is 2.34. The number of carboxylic acid groups (broad SMARTS) is 6. The molecule has 0 saturated carbocycles. The Hall–Kier alpha value is -0.766. The summed E-state index contributed by atoms with van der Waals surface area (Å²) in [5, 5.41) is 67.6. The Bertz CT molecular complexity index is 517. The van der Waals surface area contributed by atoms with Crippen LogP contribution in [0.5, 0.6) is 0 Å². The number of carboxylic acids is 6. The number of carbonyl (C=O) groups is 6. The van der Waals surface area contributed by atoms with Crippen LogP contribution in [0.1, 0.15) is 25.7 Å². The molecule has 28 heavy (non-hydrogen) atoms. The molecule has 0 saturated heterocycles. The first-order chi connectivity index (χ1) is 11.6. The number of rotatable bonds is 10. The molecule has 8 N–H and O–H groups in total. The van der Waals surface area contributed by atoms with Crippen LogP contribution in [0.15, 0.2) is 0 Å². The molecule has 0 aromatic rings. The summed E-state index contributed by atoms with van der Waals surface area (Å²) in [7, 11) is 0. The summed E-state index contributed by atoms with van der Waals surface area (Å²) in [6.45, 7) is 0. The van der Waals surface area contributed by atoms with E-state index in [4.69, 9.17) is 40.9 Å². The second kappa shape index (κ2) is 15.1. The Kier molecular flexibility index (Phi) is 18.8. The van der Waals surface area contributed by atoms with E-state index in [1.54, 1.807) is 0 Å². The van der Waals surface area contributed by atoms with Crippen LogP contribution in [-0.4, -0.2) is 87.9 Å². The SMILES string of the molecule is O=C(O)CC(O)(CC(=O)O)C(=O)O.O=C(O)CC(O)(CC(=O)O)C(=O)O.[Er].[Er]. The van der Waals surface area contributed by atoms with Crippen LogP contribution in [-0.2, 0) is 28.8 Å². The van der Waals surface area contributed by atoms with E-state index in [-0.39, 0.29) is 74.6 Å². The van der Waals surface area contributed by atoms with E-state index in [0.717, 1.165) is 0 Å². The van der Waals surface area contributed by atoms with Crippen LogP contribution in [0.3, 0.4) is 0 Å². The molecule has 0 heterocycles. The van der Waals surface area contributed by atoms with E-state index in [0.29, 0.717) is 0 Å². The Balaban J connectivity index is -0.000000192. The zero-order valence-electron chi connectivity index (χ0n) is 13.4. The zero-order chi connectivity index (χ0) is 21.3. The Morgan fingerprint density at radius 3 is 0.679 bits per heavy atom. The summed E-state index contributed by atoms with van der Waals surface area (Å²) < 4.78 is 0. The van der Waals surface area contributed by atoms with E-state index in [1.807, 2.05) is 0 Å². The summed E-state index contributed by atoms with van der Waals surface area (Å²) in [5.41, 5.74) is -5.48. The molecule has 0 aliphatic carbocycles. The van der Waals surface area contributed by atoms with Gasteiger partial charge in [0.1, 0.15) is 0 Å². The predicted octanol–water partition coefficient (Wildman–Crippen LogP) is -2.50. The van der Waals surface area contributed by atoms with Crippen molar-refractivity contribution in [3.63, 3.8) is 0 Å². The summed E-state index contributed by atoms with van der Waals surface area (Å²) in [4.78, 5) is 61.0. The monoisotopic (exact) mass is 716 g/mol. The van der Waals surface area contributed by atoms with Crippen LogP contribution in [0.4, 0.5) is 0 Å². The molecule has 0 spiro atoms. The molecule has 0 bridgehead atoms. The van der Waals surface area contributed by atoms with Crippen molar-refractivity contribution in [3.05, 3.63) is 0 Å². The van der Waals surface area contributed by atoms with Gasteiger partial charge >= 0.3 is 35.8 Å². The number of hydrogen-bond donors (Lipinski definition) is 8. The molecule has 0 aromatic heterocycles. The Morgan fingerprint density at radius 2 is 0.607 bits per heavy atom.